The van der Waals surface area contributed by atoms with Gasteiger partial charge in [-0.15, -0.1) is 11.3 Å². The maximum Gasteiger partial charge on any atom is 0.191 e. The first-order valence-corrected chi connectivity index (χ1v) is 8.97. The molecule has 4 nitrogen and oxygen atoms in total. The number of hydrogen-bond acceptors (Lipinski definition) is 4. The highest BCUT2D eigenvalue weighted by atomic mass is 32.2. The van der Waals surface area contributed by atoms with Crippen LogP contribution in [0.4, 0.5) is 0 Å². The lowest BCUT2D eigenvalue weighted by Gasteiger charge is -2.24. The first-order chi connectivity index (χ1) is 9.61. The predicted octanol–water partition coefficient (Wildman–Crippen LogP) is 2.44. The van der Waals surface area contributed by atoms with Crippen molar-refractivity contribution in [3.8, 4) is 0 Å². The average Bonchev–Trinajstić information content (AvgIpc) is 3.03. The van der Waals surface area contributed by atoms with Gasteiger partial charge in [-0.2, -0.15) is 11.8 Å². The van der Waals surface area contributed by atoms with Crippen LogP contribution < -0.4 is 10.6 Å². The lowest BCUT2D eigenvalue weighted by Crippen LogP contribution is -2.44. The van der Waals surface area contributed by atoms with E-state index in [1.165, 1.54) is 18.6 Å². The van der Waals surface area contributed by atoms with Gasteiger partial charge in [-0.05, 0) is 32.4 Å². The Morgan fingerprint density at radius 2 is 2.35 bits per heavy atom. The van der Waals surface area contributed by atoms with E-state index in [4.69, 9.17) is 0 Å². The highest BCUT2D eigenvalue weighted by Crippen LogP contribution is 2.36. The highest BCUT2D eigenvalue weighted by molar-refractivity contribution is 8.00. The Labute approximate surface area is 129 Å². The number of guanidine groups is 1. The number of hydrogen-bond donors (Lipinski definition) is 2. The van der Waals surface area contributed by atoms with E-state index >= 15 is 0 Å². The van der Waals surface area contributed by atoms with Crippen LogP contribution in [0.2, 0.25) is 0 Å². The van der Waals surface area contributed by atoms with Gasteiger partial charge in [0, 0.05) is 36.7 Å². The van der Waals surface area contributed by atoms with Gasteiger partial charge in [0.15, 0.2) is 5.96 Å². The number of aryl methyl sites for hydroxylation is 1. The van der Waals surface area contributed by atoms with Crippen LogP contribution in [-0.4, -0.2) is 41.6 Å². The molecule has 1 aliphatic rings. The van der Waals surface area contributed by atoms with Gasteiger partial charge in [-0.25, -0.2) is 4.98 Å². The summed E-state index contributed by atoms with van der Waals surface area (Å²) in [4.78, 5) is 8.75. The molecule has 1 saturated heterocycles. The van der Waals surface area contributed by atoms with Gasteiger partial charge in [0.2, 0.25) is 0 Å². The molecule has 1 aromatic rings. The molecule has 1 aliphatic heterocycles. The maximum absolute atomic E-state index is 4.47. The molecule has 1 fully saturated rings. The Balaban J connectivity index is 1.70. The summed E-state index contributed by atoms with van der Waals surface area (Å²) in [5, 5.41) is 10.1. The van der Waals surface area contributed by atoms with Crippen molar-refractivity contribution < 1.29 is 0 Å². The molecule has 112 valence electrons. The minimum atomic E-state index is 0.365. The van der Waals surface area contributed by atoms with E-state index in [-0.39, 0.29) is 0 Å². The molecule has 2 N–H and O–H groups in total. The van der Waals surface area contributed by atoms with Crippen LogP contribution >= 0.6 is 23.1 Å². The minimum Gasteiger partial charge on any atom is -0.356 e. The lowest BCUT2D eigenvalue weighted by atomic mass is 10.1. The van der Waals surface area contributed by atoms with Crippen molar-refractivity contribution in [3.63, 3.8) is 0 Å². The topological polar surface area (TPSA) is 49.3 Å². The van der Waals surface area contributed by atoms with E-state index in [1.807, 2.05) is 14.0 Å². The quantitative estimate of drug-likeness (QED) is 0.648. The van der Waals surface area contributed by atoms with E-state index in [9.17, 15) is 0 Å². The second-order valence-electron chi connectivity index (χ2n) is 5.36. The van der Waals surface area contributed by atoms with Gasteiger partial charge in [0.25, 0.3) is 0 Å². The smallest absolute Gasteiger partial charge is 0.191 e. The third-order valence-electron chi connectivity index (χ3n) is 3.49. The van der Waals surface area contributed by atoms with Crippen LogP contribution in [0.25, 0.3) is 0 Å². The molecule has 0 bridgehead atoms. The van der Waals surface area contributed by atoms with E-state index in [0.29, 0.717) is 4.75 Å². The van der Waals surface area contributed by atoms with Crippen molar-refractivity contribution in [2.75, 3.05) is 25.9 Å². The van der Waals surface area contributed by atoms with Gasteiger partial charge in [-0.3, -0.25) is 4.99 Å². The molecule has 0 aliphatic carbocycles. The van der Waals surface area contributed by atoms with Crippen LogP contribution in [-0.2, 0) is 6.42 Å². The molecule has 1 aromatic heterocycles. The van der Waals surface area contributed by atoms with Gasteiger partial charge in [0.05, 0.1) is 10.7 Å². The number of thiazole rings is 1. The molecule has 0 aromatic carbocycles. The Morgan fingerprint density at radius 1 is 1.50 bits per heavy atom. The fourth-order valence-corrected chi connectivity index (χ4v) is 4.19. The summed E-state index contributed by atoms with van der Waals surface area (Å²) in [5.41, 5.74) is 1.16. The van der Waals surface area contributed by atoms with Crippen molar-refractivity contribution in [3.05, 3.63) is 16.1 Å². The molecule has 0 amide bonds. The third-order valence-corrected chi connectivity index (χ3v) is 5.85. The second-order valence-corrected chi connectivity index (χ2v) is 8.11. The van der Waals surface area contributed by atoms with Gasteiger partial charge >= 0.3 is 0 Å². The maximum atomic E-state index is 4.47. The third kappa shape index (κ3) is 4.66. The zero-order valence-electron chi connectivity index (χ0n) is 12.5. The fourth-order valence-electron chi connectivity index (χ4n) is 2.30. The van der Waals surface area contributed by atoms with Crippen LogP contribution in [0, 0.1) is 6.92 Å². The average molecular weight is 313 g/mol. The molecule has 1 atom stereocenters. The largest absolute Gasteiger partial charge is 0.356 e. The van der Waals surface area contributed by atoms with Crippen molar-refractivity contribution in [2.24, 2.45) is 4.99 Å². The number of rotatable bonds is 5. The lowest BCUT2D eigenvalue weighted by molar-refractivity contribution is 0.584. The predicted molar refractivity (Wildman–Crippen MR) is 90.0 cm³/mol. The normalized spacial score (nSPS) is 23.1. The molecule has 0 spiro atoms. The monoisotopic (exact) mass is 312 g/mol. The van der Waals surface area contributed by atoms with Gasteiger partial charge in [0.1, 0.15) is 0 Å². The van der Waals surface area contributed by atoms with Crippen molar-refractivity contribution in [1.82, 2.24) is 15.6 Å². The molecule has 20 heavy (non-hydrogen) atoms. The summed E-state index contributed by atoms with van der Waals surface area (Å²) < 4.78 is 0.365. The first-order valence-electron chi connectivity index (χ1n) is 7.11. The molecule has 2 heterocycles. The Bertz CT molecular complexity index is 450. The molecule has 6 heteroatoms. The summed E-state index contributed by atoms with van der Waals surface area (Å²) in [6.45, 7) is 6.23. The van der Waals surface area contributed by atoms with E-state index in [0.717, 1.165) is 36.2 Å². The van der Waals surface area contributed by atoms with E-state index in [1.54, 1.807) is 11.3 Å². The van der Waals surface area contributed by atoms with Crippen LogP contribution in [0.1, 0.15) is 30.5 Å². The van der Waals surface area contributed by atoms with Gasteiger partial charge < -0.3 is 10.6 Å². The summed E-state index contributed by atoms with van der Waals surface area (Å²) in [6.07, 6.45) is 3.56. The number of aromatic nitrogens is 1. The first kappa shape index (κ1) is 15.6. The Kier molecular flexibility index (Phi) is 5.72. The summed E-state index contributed by atoms with van der Waals surface area (Å²) >= 11 is 3.77. The zero-order chi connectivity index (χ0) is 14.4. The summed E-state index contributed by atoms with van der Waals surface area (Å²) in [6, 6.07) is 0. The van der Waals surface area contributed by atoms with Crippen LogP contribution in [0.15, 0.2) is 10.4 Å². The van der Waals surface area contributed by atoms with E-state index in [2.05, 4.69) is 44.7 Å². The Morgan fingerprint density at radius 3 is 2.95 bits per heavy atom. The molecular weight excluding hydrogens is 288 g/mol. The molecule has 0 saturated carbocycles. The standard InChI is InChI=1S/C14H24N4S2/c1-11-18-12(9-19-11)5-7-16-13(15-3)17-10-14(2)6-4-8-20-14/h9H,4-8,10H2,1-3H3,(H2,15,16,17). The van der Waals surface area contributed by atoms with Crippen LogP contribution in [0.3, 0.4) is 0 Å². The van der Waals surface area contributed by atoms with E-state index < -0.39 is 0 Å². The van der Waals surface area contributed by atoms with Crippen molar-refractivity contribution >= 4 is 29.1 Å². The second kappa shape index (κ2) is 7.31. The number of nitrogens with one attached hydrogen (secondary N) is 2. The highest BCUT2D eigenvalue weighted by Gasteiger charge is 2.29. The van der Waals surface area contributed by atoms with Crippen LogP contribution in [0.5, 0.6) is 0 Å². The molecule has 1 unspecified atom stereocenters. The summed E-state index contributed by atoms with van der Waals surface area (Å²) in [7, 11) is 1.83. The fraction of sp³-hybridized carbons (Fsp3) is 0.714. The number of thioether (sulfide) groups is 1. The minimum absolute atomic E-state index is 0.365. The van der Waals surface area contributed by atoms with Crippen molar-refractivity contribution in [1.29, 1.82) is 0 Å². The molecular formula is C14H24N4S2. The molecule has 2 rings (SSSR count). The summed E-state index contributed by atoms with van der Waals surface area (Å²) in [5.74, 6) is 2.18. The number of nitrogens with zero attached hydrogens (tertiary/aromatic N) is 2. The zero-order valence-corrected chi connectivity index (χ0v) is 14.2. The van der Waals surface area contributed by atoms with Gasteiger partial charge in [-0.1, -0.05) is 0 Å². The SMILES string of the molecule is CN=C(NCCc1csc(C)n1)NCC1(C)CCCS1. The molecule has 0 radical (unpaired) electrons. The number of aliphatic imine (C=N–C) groups is 1. The Hall–Kier alpha value is -0.750. The van der Waals surface area contributed by atoms with Crippen molar-refractivity contribution in [2.45, 2.75) is 37.9 Å².